The molecule has 1 atom stereocenters. The third-order valence-electron chi connectivity index (χ3n) is 1.90. The topological polar surface area (TPSA) is 42.0 Å². The number of aromatic nitrogens is 1. The number of hydrogen-bond donors (Lipinski definition) is 1. The zero-order chi connectivity index (χ0) is 11.3. The summed E-state index contributed by atoms with van der Waals surface area (Å²) < 4.78 is 0. The lowest BCUT2D eigenvalue weighted by Gasteiger charge is -2.09. The van der Waals surface area contributed by atoms with Gasteiger partial charge < -0.3 is 5.32 Å². The predicted molar refractivity (Wildman–Crippen MR) is 64.6 cm³/mol. The highest BCUT2D eigenvalue weighted by atomic mass is 35.5. The Morgan fingerprint density at radius 2 is 2.40 bits per heavy atom. The Labute approximate surface area is 98.6 Å². The van der Waals surface area contributed by atoms with E-state index in [0.29, 0.717) is 22.6 Å². The molecule has 0 aliphatic heterocycles. The lowest BCUT2D eigenvalue weighted by molar-refractivity contribution is 0.0949. The smallest absolute Gasteiger partial charge is 0.269 e. The summed E-state index contributed by atoms with van der Waals surface area (Å²) in [5, 5.41) is 3.53. The molecule has 82 valence electrons. The van der Waals surface area contributed by atoms with Crippen molar-refractivity contribution in [2.75, 3.05) is 12.8 Å². The van der Waals surface area contributed by atoms with E-state index in [9.17, 15) is 4.79 Å². The third kappa shape index (κ3) is 4.10. The van der Waals surface area contributed by atoms with Crippen molar-refractivity contribution in [2.45, 2.75) is 12.2 Å². The molecule has 1 heterocycles. The van der Waals surface area contributed by atoms with Crippen LogP contribution in [0.3, 0.4) is 0 Å². The molecule has 0 saturated carbocycles. The molecule has 0 aliphatic carbocycles. The number of nitrogens with one attached hydrogen (secondary N) is 1. The Hall–Kier alpha value is -0.740. The van der Waals surface area contributed by atoms with Crippen molar-refractivity contribution in [3.8, 4) is 0 Å². The maximum absolute atomic E-state index is 11.6. The van der Waals surface area contributed by atoms with Crippen LogP contribution >= 0.6 is 23.4 Å². The van der Waals surface area contributed by atoms with Crippen molar-refractivity contribution < 1.29 is 4.79 Å². The number of carbonyl (C=O) groups is 1. The van der Waals surface area contributed by atoms with Crippen LogP contribution in [-0.2, 0) is 0 Å². The molecule has 0 radical (unpaired) electrons. The number of hydrogen-bond acceptors (Lipinski definition) is 3. The molecule has 3 nitrogen and oxygen atoms in total. The second-order valence-corrected chi connectivity index (χ2v) is 4.77. The van der Waals surface area contributed by atoms with E-state index in [0.717, 1.165) is 0 Å². The summed E-state index contributed by atoms with van der Waals surface area (Å²) in [4.78, 5) is 15.5. The van der Waals surface area contributed by atoms with Crippen LogP contribution < -0.4 is 5.32 Å². The largest absolute Gasteiger partial charge is 0.350 e. The summed E-state index contributed by atoms with van der Waals surface area (Å²) in [6.45, 7) is 2.69. The zero-order valence-corrected chi connectivity index (χ0v) is 10.2. The number of carbonyl (C=O) groups excluding carboxylic acids is 1. The van der Waals surface area contributed by atoms with Crippen LogP contribution in [0.2, 0.25) is 5.15 Å². The van der Waals surface area contributed by atoms with Gasteiger partial charge in [0.2, 0.25) is 0 Å². The predicted octanol–water partition coefficient (Wildman–Crippen LogP) is 2.22. The van der Waals surface area contributed by atoms with E-state index in [2.05, 4.69) is 17.2 Å². The molecule has 0 aliphatic rings. The van der Waals surface area contributed by atoms with Gasteiger partial charge in [0.25, 0.3) is 5.91 Å². The molecule has 5 heteroatoms. The molecule has 1 unspecified atom stereocenters. The van der Waals surface area contributed by atoms with Crippen molar-refractivity contribution in [1.82, 2.24) is 10.3 Å². The van der Waals surface area contributed by atoms with Gasteiger partial charge in [-0.15, -0.1) is 0 Å². The minimum absolute atomic E-state index is 0.182. The lowest BCUT2D eigenvalue weighted by atomic mass is 10.3. The summed E-state index contributed by atoms with van der Waals surface area (Å²) in [7, 11) is 0. The van der Waals surface area contributed by atoms with Crippen molar-refractivity contribution in [3.63, 3.8) is 0 Å². The SMILES string of the molecule is CSC(C)CNC(=O)c1cccc(Cl)n1. The highest BCUT2D eigenvalue weighted by molar-refractivity contribution is 7.99. The van der Waals surface area contributed by atoms with E-state index < -0.39 is 0 Å². The summed E-state index contributed by atoms with van der Waals surface area (Å²) in [6, 6.07) is 5.00. The van der Waals surface area contributed by atoms with Crippen LogP contribution in [-0.4, -0.2) is 28.9 Å². The molecular weight excluding hydrogens is 232 g/mol. The third-order valence-corrected chi connectivity index (χ3v) is 3.08. The van der Waals surface area contributed by atoms with Crippen molar-refractivity contribution in [2.24, 2.45) is 0 Å². The number of halogens is 1. The fraction of sp³-hybridized carbons (Fsp3) is 0.400. The van der Waals surface area contributed by atoms with Gasteiger partial charge in [0.1, 0.15) is 10.8 Å². The van der Waals surface area contributed by atoms with Crippen molar-refractivity contribution >= 4 is 29.3 Å². The molecule has 1 rings (SSSR count). The Balaban J connectivity index is 2.54. The highest BCUT2D eigenvalue weighted by Crippen LogP contribution is 2.06. The van der Waals surface area contributed by atoms with Gasteiger partial charge in [-0.05, 0) is 18.4 Å². The fourth-order valence-corrected chi connectivity index (χ4v) is 1.36. The summed E-state index contributed by atoms with van der Waals surface area (Å²) in [6.07, 6.45) is 2.01. The first-order valence-corrected chi connectivity index (χ1v) is 6.23. The maximum Gasteiger partial charge on any atom is 0.269 e. The van der Waals surface area contributed by atoms with Gasteiger partial charge in [-0.3, -0.25) is 4.79 Å². The Morgan fingerprint density at radius 1 is 1.67 bits per heavy atom. The molecule has 0 aromatic carbocycles. The van der Waals surface area contributed by atoms with Crippen LogP contribution in [0.5, 0.6) is 0 Å². The molecule has 0 fully saturated rings. The maximum atomic E-state index is 11.6. The van der Waals surface area contributed by atoms with E-state index >= 15 is 0 Å². The average molecular weight is 245 g/mol. The second-order valence-electron chi connectivity index (χ2n) is 3.10. The summed E-state index contributed by atoms with van der Waals surface area (Å²) >= 11 is 7.39. The molecule has 1 aromatic heterocycles. The first-order chi connectivity index (χ1) is 7.13. The van der Waals surface area contributed by atoms with Crippen LogP contribution in [0.4, 0.5) is 0 Å². The van der Waals surface area contributed by atoms with Gasteiger partial charge in [0, 0.05) is 11.8 Å². The van der Waals surface area contributed by atoms with Crippen LogP contribution in [0.15, 0.2) is 18.2 Å². The standard InChI is InChI=1S/C10H13ClN2OS/c1-7(15-2)6-12-10(14)8-4-3-5-9(11)13-8/h3-5,7H,6H2,1-2H3,(H,12,14). The molecule has 0 spiro atoms. The van der Waals surface area contributed by atoms with E-state index in [4.69, 9.17) is 11.6 Å². The minimum Gasteiger partial charge on any atom is -0.350 e. The van der Waals surface area contributed by atoms with Crippen molar-refractivity contribution in [3.05, 3.63) is 29.0 Å². The monoisotopic (exact) mass is 244 g/mol. The number of amides is 1. The Morgan fingerprint density at radius 3 is 3.00 bits per heavy atom. The molecule has 0 saturated heterocycles. The molecule has 1 amide bonds. The zero-order valence-electron chi connectivity index (χ0n) is 8.66. The van der Waals surface area contributed by atoms with Gasteiger partial charge in [-0.2, -0.15) is 11.8 Å². The minimum atomic E-state index is -0.182. The van der Waals surface area contributed by atoms with E-state index in [1.165, 1.54) is 0 Å². The molecular formula is C10H13ClN2OS. The molecule has 1 N–H and O–H groups in total. The van der Waals surface area contributed by atoms with Gasteiger partial charge >= 0.3 is 0 Å². The van der Waals surface area contributed by atoms with Crippen LogP contribution in [0, 0.1) is 0 Å². The lowest BCUT2D eigenvalue weighted by Crippen LogP contribution is -2.29. The number of rotatable bonds is 4. The molecule has 1 aromatic rings. The van der Waals surface area contributed by atoms with E-state index in [1.54, 1.807) is 30.0 Å². The van der Waals surface area contributed by atoms with Crippen LogP contribution in [0.25, 0.3) is 0 Å². The fourth-order valence-electron chi connectivity index (χ4n) is 0.945. The average Bonchev–Trinajstić information content (AvgIpc) is 2.25. The number of nitrogens with zero attached hydrogens (tertiary/aromatic N) is 1. The van der Waals surface area contributed by atoms with Gasteiger partial charge in [0.05, 0.1) is 0 Å². The summed E-state index contributed by atoms with van der Waals surface area (Å²) in [5.41, 5.74) is 0.357. The highest BCUT2D eigenvalue weighted by Gasteiger charge is 2.08. The normalized spacial score (nSPS) is 12.2. The van der Waals surface area contributed by atoms with E-state index in [1.807, 2.05) is 6.26 Å². The quantitative estimate of drug-likeness (QED) is 0.826. The number of thioether (sulfide) groups is 1. The van der Waals surface area contributed by atoms with Crippen LogP contribution in [0.1, 0.15) is 17.4 Å². The molecule has 0 bridgehead atoms. The van der Waals surface area contributed by atoms with Gasteiger partial charge in [-0.25, -0.2) is 4.98 Å². The van der Waals surface area contributed by atoms with Gasteiger partial charge in [0.15, 0.2) is 0 Å². The number of pyridine rings is 1. The molecule has 15 heavy (non-hydrogen) atoms. The summed E-state index contributed by atoms with van der Waals surface area (Å²) in [5.74, 6) is -0.182. The Kier molecular flexibility index (Phi) is 4.91. The second kappa shape index (κ2) is 5.98. The van der Waals surface area contributed by atoms with Gasteiger partial charge in [-0.1, -0.05) is 24.6 Å². The first kappa shape index (κ1) is 12.3. The van der Waals surface area contributed by atoms with Crippen molar-refractivity contribution in [1.29, 1.82) is 0 Å². The first-order valence-electron chi connectivity index (χ1n) is 4.57. The Bertz CT molecular complexity index is 346. The van der Waals surface area contributed by atoms with E-state index in [-0.39, 0.29) is 5.91 Å².